The highest BCUT2D eigenvalue weighted by Gasteiger charge is 2.31. The molecule has 0 saturated heterocycles. The Kier molecular flexibility index (Phi) is 82.6. The molecule has 0 rings (SSSR count). The summed E-state index contributed by atoms with van der Waals surface area (Å²) in [6, 6.07) is 0. The van der Waals surface area contributed by atoms with Gasteiger partial charge < -0.3 is 33.8 Å². The lowest BCUT2D eigenvalue weighted by molar-refractivity contribution is -0.161. The van der Waals surface area contributed by atoms with Crippen molar-refractivity contribution < 1.29 is 80.2 Å². The molecule has 0 aliphatic heterocycles. The molecule has 5 atom stereocenters. The normalized spacial score (nSPS) is 13.7. The number of phosphoric acid groups is 2. The molecule has 2 unspecified atom stereocenters. The summed E-state index contributed by atoms with van der Waals surface area (Å²) in [6.07, 6.45) is 79.4. The topological polar surface area (TPSA) is 237 Å². The van der Waals surface area contributed by atoms with E-state index in [2.05, 4.69) is 41.5 Å². The summed E-state index contributed by atoms with van der Waals surface area (Å²) < 4.78 is 69.1. The second-order valence-electron chi connectivity index (χ2n) is 34.4. The molecule has 17 nitrogen and oxygen atoms in total. The number of ether oxygens (including phenoxy) is 4. The molecule has 0 aliphatic rings. The van der Waals surface area contributed by atoms with E-state index in [1.54, 1.807) is 0 Å². The number of unbranched alkanes of at least 4 members (excludes halogenated alkanes) is 62. The monoisotopic (exact) mass is 1630 g/mol. The second-order valence-corrected chi connectivity index (χ2v) is 37.3. The summed E-state index contributed by atoms with van der Waals surface area (Å²) >= 11 is 0. The maximum atomic E-state index is 13.2. The Hall–Kier alpha value is -1.94. The second kappa shape index (κ2) is 84.1. The largest absolute Gasteiger partial charge is 0.472 e. The molecule has 0 amide bonds. The summed E-state index contributed by atoms with van der Waals surface area (Å²) in [4.78, 5) is 73.5. The van der Waals surface area contributed by atoms with Crippen molar-refractivity contribution in [3.63, 3.8) is 0 Å². The minimum atomic E-state index is -4.97. The lowest BCUT2D eigenvalue weighted by atomic mass is 10.0. The number of carbonyl (C=O) groups is 4. The smallest absolute Gasteiger partial charge is 0.462 e. The van der Waals surface area contributed by atoms with Crippen molar-refractivity contribution in [2.45, 2.75) is 522 Å². The van der Waals surface area contributed by atoms with E-state index in [0.29, 0.717) is 25.7 Å². The molecule has 0 aromatic carbocycles. The van der Waals surface area contributed by atoms with E-state index in [-0.39, 0.29) is 25.7 Å². The molecule has 666 valence electrons. The minimum Gasteiger partial charge on any atom is -0.462 e. The first kappa shape index (κ1) is 110. The van der Waals surface area contributed by atoms with Gasteiger partial charge in [0, 0.05) is 25.7 Å². The average molecular weight is 1630 g/mol. The zero-order valence-corrected chi connectivity index (χ0v) is 75.8. The zero-order chi connectivity index (χ0) is 82.0. The number of carbonyl (C=O) groups excluding carboxylic acids is 4. The number of rotatable bonds is 92. The summed E-state index contributed by atoms with van der Waals surface area (Å²) in [6.45, 7) is 9.71. The fourth-order valence-corrected chi connectivity index (χ4v) is 16.2. The van der Waals surface area contributed by atoms with Gasteiger partial charge in [-0.25, -0.2) is 9.13 Å². The molecule has 0 saturated carbocycles. The van der Waals surface area contributed by atoms with Crippen molar-refractivity contribution in [1.29, 1.82) is 0 Å². The van der Waals surface area contributed by atoms with Gasteiger partial charge in [-0.2, -0.15) is 0 Å². The standard InChI is InChI=1S/C93H182O17P2/c1-7-9-11-13-15-17-19-21-23-25-27-29-30-32-34-39-43-47-51-59-65-71-77-92(97)109-88(81-103-90(95)75-69-63-57-50-46-42-38-33-31-28-26-24-22-20-18-16-14-12-10-8-2)83-107-111(99,100)105-79-87(94)80-106-112(101,102)108-84-89(82-104-91(96)76-70-64-58-54-53-56-62-68-74-86(5)6)110-93(98)78-72-66-60-52-48-44-40-36-35-37-41-45-49-55-61-67-73-85(3)4/h85-89,94H,7-84H2,1-6H3,(H,99,100)(H,101,102)/t87-,88-,89-/m1/s1. The molecule has 0 aliphatic carbocycles. The molecule has 0 aromatic heterocycles. The van der Waals surface area contributed by atoms with Crippen LogP contribution in [0.2, 0.25) is 0 Å². The summed E-state index contributed by atoms with van der Waals surface area (Å²) in [7, 11) is -9.94. The van der Waals surface area contributed by atoms with Crippen LogP contribution in [0.4, 0.5) is 0 Å². The van der Waals surface area contributed by atoms with Crippen molar-refractivity contribution >= 4 is 39.5 Å². The molecule has 3 N–H and O–H groups in total. The van der Waals surface area contributed by atoms with Crippen molar-refractivity contribution in [1.82, 2.24) is 0 Å². The third-order valence-corrected chi connectivity index (χ3v) is 23.9. The summed E-state index contributed by atoms with van der Waals surface area (Å²) in [5, 5.41) is 10.7. The predicted molar refractivity (Wildman–Crippen MR) is 465 cm³/mol. The maximum Gasteiger partial charge on any atom is 0.472 e. The van der Waals surface area contributed by atoms with Crippen LogP contribution in [0.5, 0.6) is 0 Å². The Morgan fingerprint density at radius 1 is 0.241 bits per heavy atom. The van der Waals surface area contributed by atoms with Gasteiger partial charge in [0.05, 0.1) is 26.4 Å². The van der Waals surface area contributed by atoms with Crippen molar-refractivity contribution in [3.8, 4) is 0 Å². The number of hydrogen-bond acceptors (Lipinski definition) is 15. The Morgan fingerprint density at radius 2 is 0.411 bits per heavy atom. The number of phosphoric ester groups is 2. The molecule has 0 fully saturated rings. The Morgan fingerprint density at radius 3 is 0.607 bits per heavy atom. The van der Waals surface area contributed by atoms with Gasteiger partial charge in [0.25, 0.3) is 0 Å². The summed E-state index contributed by atoms with van der Waals surface area (Å²) in [5.41, 5.74) is 0. The number of aliphatic hydroxyl groups is 1. The van der Waals surface area contributed by atoms with E-state index >= 15 is 0 Å². The van der Waals surface area contributed by atoms with Crippen LogP contribution < -0.4 is 0 Å². The summed E-state index contributed by atoms with van der Waals surface area (Å²) in [5.74, 6) is -0.560. The molecule has 0 bridgehead atoms. The lowest BCUT2D eigenvalue weighted by Gasteiger charge is -2.21. The number of aliphatic hydroxyl groups excluding tert-OH is 1. The molecule has 0 heterocycles. The Labute approximate surface area is 689 Å². The van der Waals surface area contributed by atoms with E-state index in [1.165, 1.54) is 321 Å². The van der Waals surface area contributed by atoms with Crippen LogP contribution in [-0.4, -0.2) is 96.7 Å². The van der Waals surface area contributed by atoms with Gasteiger partial charge in [-0.1, -0.05) is 452 Å². The van der Waals surface area contributed by atoms with Gasteiger partial charge in [0.15, 0.2) is 12.2 Å². The quantitative estimate of drug-likeness (QED) is 0.0222. The first-order valence-electron chi connectivity index (χ1n) is 48.0. The van der Waals surface area contributed by atoms with E-state index in [0.717, 1.165) is 102 Å². The van der Waals surface area contributed by atoms with Crippen LogP contribution in [0.1, 0.15) is 504 Å². The molecular weight excluding hydrogens is 1450 g/mol. The van der Waals surface area contributed by atoms with Gasteiger partial charge in [-0.05, 0) is 37.5 Å². The van der Waals surface area contributed by atoms with E-state index < -0.39 is 97.5 Å². The van der Waals surface area contributed by atoms with E-state index in [4.69, 9.17) is 37.0 Å². The van der Waals surface area contributed by atoms with Gasteiger partial charge in [0.2, 0.25) is 0 Å². The van der Waals surface area contributed by atoms with Crippen LogP contribution in [0, 0.1) is 11.8 Å². The lowest BCUT2D eigenvalue weighted by Crippen LogP contribution is -2.30. The highest BCUT2D eigenvalue weighted by atomic mass is 31.2. The van der Waals surface area contributed by atoms with Crippen LogP contribution in [0.3, 0.4) is 0 Å². The fourth-order valence-electron chi connectivity index (χ4n) is 14.7. The molecule has 112 heavy (non-hydrogen) atoms. The first-order valence-corrected chi connectivity index (χ1v) is 51.0. The maximum absolute atomic E-state index is 13.2. The highest BCUT2D eigenvalue weighted by Crippen LogP contribution is 2.45. The Balaban J connectivity index is 5.23. The SMILES string of the molecule is CCCCCCCCCCCCCCCCCCCCCCCCC(=O)O[C@H](COC(=O)CCCCCCCCCCCCCCCCCCCCCC)COP(=O)(O)OC[C@@H](O)COP(=O)(O)OC[C@@H](COC(=O)CCCCCCCCCCC(C)C)OC(=O)CCCCCCCCCCCCCCCCCCC(C)C. The van der Waals surface area contributed by atoms with Gasteiger partial charge >= 0.3 is 39.5 Å². The van der Waals surface area contributed by atoms with Gasteiger partial charge in [-0.15, -0.1) is 0 Å². The molecular formula is C93H182O17P2. The van der Waals surface area contributed by atoms with Crippen LogP contribution in [0.15, 0.2) is 0 Å². The highest BCUT2D eigenvalue weighted by molar-refractivity contribution is 7.47. The van der Waals surface area contributed by atoms with Gasteiger partial charge in [0.1, 0.15) is 19.3 Å². The van der Waals surface area contributed by atoms with Crippen molar-refractivity contribution in [2.75, 3.05) is 39.6 Å². The zero-order valence-electron chi connectivity index (χ0n) is 74.0. The third kappa shape index (κ3) is 85.9. The van der Waals surface area contributed by atoms with Crippen LogP contribution in [-0.2, 0) is 65.4 Å². The van der Waals surface area contributed by atoms with Crippen LogP contribution in [0.25, 0.3) is 0 Å². The number of hydrogen-bond donors (Lipinski definition) is 3. The molecule has 0 spiro atoms. The molecule has 19 heteroatoms. The van der Waals surface area contributed by atoms with E-state index in [1.807, 2.05) is 0 Å². The van der Waals surface area contributed by atoms with Gasteiger partial charge in [-0.3, -0.25) is 37.3 Å². The number of esters is 4. The average Bonchev–Trinajstić information content (AvgIpc) is 0.861. The molecule has 0 radical (unpaired) electrons. The Bertz CT molecular complexity index is 2130. The van der Waals surface area contributed by atoms with Crippen molar-refractivity contribution in [2.24, 2.45) is 11.8 Å². The van der Waals surface area contributed by atoms with E-state index in [9.17, 15) is 43.2 Å². The third-order valence-electron chi connectivity index (χ3n) is 22.0. The van der Waals surface area contributed by atoms with Crippen LogP contribution >= 0.6 is 15.6 Å². The predicted octanol–water partition coefficient (Wildman–Crippen LogP) is 29.0. The van der Waals surface area contributed by atoms with Crippen molar-refractivity contribution in [3.05, 3.63) is 0 Å². The fraction of sp³-hybridized carbons (Fsp3) is 0.957. The molecule has 0 aromatic rings. The first-order chi connectivity index (χ1) is 54.4. The minimum absolute atomic E-state index is 0.108.